The van der Waals surface area contributed by atoms with Crippen molar-refractivity contribution in [1.29, 1.82) is 0 Å². The van der Waals surface area contributed by atoms with Crippen LogP contribution in [0.2, 0.25) is 0 Å². The number of carbonyl (C=O) groups excluding carboxylic acids is 1. The van der Waals surface area contributed by atoms with E-state index in [0.29, 0.717) is 25.5 Å². The summed E-state index contributed by atoms with van der Waals surface area (Å²) in [5.41, 5.74) is 3.55. The predicted octanol–water partition coefficient (Wildman–Crippen LogP) is 3.67. The first-order chi connectivity index (χ1) is 11.4. The number of aromatic nitrogens is 2. The second-order valence-electron chi connectivity index (χ2n) is 6.68. The molecular formula is C19H26N2O3. The Morgan fingerprint density at radius 1 is 1.21 bits per heavy atom. The summed E-state index contributed by atoms with van der Waals surface area (Å²) in [4.78, 5) is 12.1. The van der Waals surface area contributed by atoms with Crippen molar-refractivity contribution in [1.82, 2.24) is 9.78 Å². The van der Waals surface area contributed by atoms with Crippen LogP contribution in [0.25, 0.3) is 11.3 Å². The Balaban J connectivity index is 2.34. The molecule has 0 aliphatic heterocycles. The zero-order chi connectivity index (χ0) is 17.7. The lowest BCUT2D eigenvalue weighted by atomic mass is 9.86. The molecular weight excluding hydrogens is 304 g/mol. The quantitative estimate of drug-likeness (QED) is 0.758. The minimum Gasteiger partial charge on any atom is -0.461 e. The Hall–Kier alpha value is -2.14. The maximum absolute atomic E-state index is 12.1. The van der Waals surface area contributed by atoms with Crippen molar-refractivity contribution >= 4 is 5.97 Å². The molecule has 0 spiro atoms. The fourth-order valence-electron chi connectivity index (χ4n) is 2.42. The molecule has 0 aliphatic rings. The highest BCUT2D eigenvalue weighted by Crippen LogP contribution is 2.26. The molecule has 0 N–H and O–H groups in total. The summed E-state index contributed by atoms with van der Waals surface area (Å²) in [6, 6.07) is 10.1. The van der Waals surface area contributed by atoms with Crippen molar-refractivity contribution in [2.24, 2.45) is 0 Å². The molecule has 2 aromatic rings. The lowest BCUT2D eigenvalue weighted by Gasteiger charge is -2.18. The van der Waals surface area contributed by atoms with Crippen molar-refractivity contribution in [2.45, 2.75) is 39.7 Å². The summed E-state index contributed by atoms with van der Waals surface area (Å²) in [6.45, 7) is 9.66. The van der Waals surface area contributed by atoms with E-state index in [9.17, 15) is 4.79 Å². The lowest BCUT2D eigenvalue weighted by Crippen LogP contribution is -2.15. The Morgan fingerprint density at radius 3 is 2.42 bits per heavy atom. The number of methoxy groups -OCH3 is 1. The van der Waals surface area contributed by atoms with Gasteiger partial charge in [-0.25, -0.2) is 4.79 Å². The normalized spacial score (nSPS) is 11.5. The van der Waals surface area contributed by atoms with Crippen molar-refractivity contribution in [3.63, 3.8) is 0 Å². The first kappa shape index (κ1) is 18.2. The van der Waals surface area contributed by atoms with Gasteiger partial charge >= 0.3 is 5.97 Å². The Bertz CT molecular complexity index is 682. The summed E-state index contributed by atoms with van der Waals surface area (Å²) in [6.07, 6.45) is 0. The van der Waals surface area contributed by atoms with E-state index in [1.54, 1.807) is 24.8 Å². The maximum Gasteiger partial charge on any atom is 0.356 e. The third-order valence-corrected chi connectivity index (χ3v) is 3.82. The van der Waals surface area contributed by atoms with Crippen LogP contribution in [0, 0.1) is 0 Å². The van der Waals surface area contributed by atoms with Gasteiger partial charge < -0.3 is 9.47 Å². The second kappa shape index (κ2) is 7.62. The number of ether oxygens (including phenoxy) is 2. The minimum atomic E-state index is -0.362. The van der Waals surface area contributed by atoms with Crippen molar-refractivity contribution in [3.8, 4) is 11.3 Å². The van der Waals surface area contributed by atoms with Crippen LogP contribution in [0.4, 0.5) is 0 Å². The maximum atomic E-state index is 12.1. The molecule has 0 atom stereocenters. The minimum absolute atomic E-state index is 0.104. The van der Waals surface area contributed by atoms with Gasteiger partial charge in [0, 0.05) is 12.7 Å². The highest BCUT2D eigenvalue weighted by molar-refractivity contribution is 5.89. The van der Waals surface area contributed by atoms with E-state index in [-0.39, 0.29) is 11.4 Å². The largest absolute Gasteiger partial charge is 0.461 e. The van der Waals surface area contributed by atoms with Gasteiger partial charge in [0.15, 0.2) is 0 Å². The summed E-state index contributed by atoms with van der Waals surface area (Å²) >= 11 is 0. The van der Waals surface area contributed by atoms with E-state index in [4.69, 9.17) is 9.47 Å². The molecule has 1 aromatic heterocycles. The zero-order valence-corrected chi connectivity index (χ0v) is 15.1. The first-order valence-electron chi connectivity index (χ1n) is 8.21. The van der Waals surface area contributed by atoms with Crippen LogP contribution in [0.3, 0.4) is 0 Å². The van der Waals surface area contributed by atoms with Crippen LogP contribution in [0.5, 0.6) is 0 Å². The highest BCUT2D eigenvalue weighted by Gasteiger charge is 2.18. The van der Waals surface area contributed by atoms with Gasteiger partial charge in [0.05, 0.1) is 25.5 Å². The van der Waals surface area contributed by atoms with Gasteiger partial charge in [-0.15, -0.1) is 0 Å². The van der Waals surface area contributed by atoms with Crippen molar-refractivity contribution in [2.75, 3.05) is 20.3 Å². The van der Waals surface area contributed by atoms with Gasteiger partial charge in [-0.2, -0.15) is 5.10 Å². The van der Waals surface area contributed by atoms with Gasteiger partial charge in [0.2, 0.25) is 0 Å². The number of esters is 1. The second-order valence-corrected chi connectivity index (χ2v) is 6.68. The van der Waals surface area contributed by atoms with Crippen LogP contribution >= 0.6 is 0 Å². The van der Waals surface area contributed by atoms with E-state index >= 15 is 0 Å². The molecule has 1 aromatic carbocycles. The fraction of sp³-hybridized carbons (Fsp3) is 0.474. The molecule has 0 amide bonds. The molecule has 5 nitrogen and oxygen atoms in total. The molecule has 0 saturated carbocycles. The van der Waals surface area contributed by atoms with E-state index < -0.39 is 0 Å². The number of benzene rings is 1. The topological polar surface area (TPSA) is 53.3 Å². The molecule has 1 heterocycles. The molecule has 0 radical (unpaired) electrons. The van der Waals surface area contributed by atoms with Gasteiger partial charge in [-0.3, -0.25) is 4.68 Å². The van der Waals surface area contributed by atoms with Crippen LogP contribution in [-0.2, 0) is 21.4 Å². The monoisotopic (exact) mass is 330 g/mol. The van der Waals surface area contributed by atoms with Crippen molar-refractivity contribution in [3.05, 3.63) is 41.6 Å². The summed E-state index contributed by atoms with van der Waals surface area (Å²) in [7, 11) is 1.62. The van der Waals surface area contributed by atoms with E-state index in [1.807, 2.05) is 12.1 Å². The summed E-state index contributed by atoms with van der Waals surface area (Å²) in [5.74, 6) is -0.362. The Morgan fingerprint density at radius 2 is 1.88 bits per heavy atom. The molecule has 130 valence electrons. The van der Waals surface area contributed by atoms with Gasteiger partial charge in [-0.1, -0.05) is 45.0 Å². The zero-order valence-electron chi connectivity index (χ0n) is 15.1. The fourth-order valence-corrected chi connectivity index (χ4v) is 2.42. The Kier molecular flexibility index (Phi) is 5.78. The average Bonchev–Trinajstić information content (AvgIpc) is 2.96. The van der Waals surface area contributed by atoms with Gasteiger partial charge in [-0.05, 0) is 24.0 Å². The molecule has 0 bridgehead atoms. The number of nitrogens with zero attached hydrogens (tertiary/aromatic N) is 2. The number of rotatable bonds is 6. The van der Waals surface area contributed by atoms with Crippen LogP contribution < -0.4 is 0 Å². The van der Waals surface area contributed by atoms with Crippen molar-refractivity contribution < 1.29 is 14.3 Å². The Labute approximate surface area is 143 Å². The first-order valence-corrected chi connectivity index (χ1v) is 8.21. The molecule has 0 aliphatic carbocycles. The van der Waals surface area contributed by atoms with Crippen LogP contribution in [0.15, 0.2) is 30.3 Å². The molecule has 0 unspecified atom stereocenters. The van der Waals surface area contributed by atoms with Gasteiger partial charge in [0.25, 0.3) is 0 Å². The van der Waals surface area contributed by atoms with Crippen LogP contribution in [0.1, 0.15) is 43.7 Å². The standard InChI is InChI=1S/C19H26N2O3/c1-6-24-18(22)17-13-16(20-21(17)11-12-23-5)14-7-9-15(10-8-14)19(2,3)4/h7-10,13H,6,11-12H2,1-5H3. The molecule has 24 heavy (non-hydrogen) atoms. The van der Waals surface area contributed by atoms with Crippen LogP contribution in [-0.4, -0.2) is 36.1 Å². The summed E-state index contributed by atoms with van der Waals surface area (Å²) in [5, 5.41) is 4.55. The molecule has 0 fully saturated rings. The number of carbonyl (C=O) groups is 1. The average molecular weight is 330 g/mol. The number of hydrogen-bond acceptors (Lipinski definition) is 4. The SMILES string of the molecule is CCOC(=O)c1cc(-c2ccc(C(C)(C)C)cc2)nn1CCOC. The predicted molar refractivity (Wildman–Crippen MR) is 94.2 cm³/mol. The molecule has 2 rings (SSSR count). The smallest absolute Gasteiger partial charge is 0.356 e. The molecule has 5 heteroatoms. The third-order valence-electron chi connectivity index (χ3n) is 3.82. The number of hydrogen-bond donors (Lipinski definition) is 0. The van der Waals surface area contributed by atoms with E-state index in [0.717, 1.165) is 11.3 Å². The highest BCUT2D eigenvalue weighted by atomic mass is 16.5. The van der Waals surface area contributed by atoms with E-state index in [2.05, 4.69) is 38.0 Å². The molecule has 0 saturated heterocycles. The van der Waals surface area contributed by atoms with Gasteiger partial charge in [0.1, 0.15) is 5.69 Å². The van der Waals surface area contributed by atoms with E-state index in [1.165, 1.54) is 5.56 Å². The lowest BCUT2D eigenvalue weighted by molar-refractivity contribution is 0.0509. The third kappa shape index (κ3) is 4.23. The summed E-state index contributed by atoms with van der Waals surface area (Å²) < 4.78 is 11.9.